The van der Waals surface area contributed by atoms with E-state index in [1.165, 1.54) is 0 Å². The van der Waals surface area contributed by atoms with Crippen LogP contribution < -0.4 is 11.5 Å². The van der Waals surface area contributed by atoms with Gasteiger partial charge in [0.1, 0.15) is 5.03 Å². The molecule has 0 amide bonds. The van der Waals surface area contributed by atoms with Crippen molar-refractivity contribution in [2.45, 2.75) is 0 Å². The summed E-state index contributed by atoms with van der Waals surface area (Å²) < 4.78 is 21.5. The number of nitrogens with zero attached hydrogens (tertiary/aromatic N) is 1. The van der Waals surface area contributed by atoms with E-state index >= 15 is 0 Å². The summed E-state index contributed by atoms with van der Waals surface area (Å²) >= 11 is 0. The molecule has 6 heteroatoms. The lowest BCUT2D eigenvalue weighted by Crippen LogP contribution is -2.03. The van der Waals surface area contributed by atoms with Crippen molar-refractivity contribution in [3.05, 3.63) is 23.5 Å². The normalized spacial score (nSPS) is 13.6. The third kappa shape index (κ3) is 3.77. The molecule has 0 atom stereocenters. The van der Waals surface area contributed by atoms with E-state index in [-0.39, 0.29) is 10.7 Å². The number of hydrogen-bond acceptors (Lipinski definition) is 5. The molecule has 0 saturated heterocycles. The van der Waals surface area contributed by atoms with Crippen LogP contribution in [0.2, 0.25) is 0 Å². The van der Waals surface area contributed by atoms with Gasteiger partial charge in [-0.3, -0.25) is 0 Å². The van der Waals surface area contributed by atoms with Crippen LogP contribution in [-0.2, 0) is 9.84 Å². The summed E-state index contributed by atoms with van der Waals surface area (Å²) in [4.78, 5) is 3.49. The number of aliphatic imine (C=N–C) groups is 1. The summed E-state index contributed by atoms with van der Waals surface area (Å²) in [7, 11) is -3.32. The monoisotopic (exact) mass is 189 g/mol. The summed E-state index contributed by atoms with van der Waals surface area (Å²) in [6.07, 6.45) is 3.25. The second-order valence-electron chi connectivity index (χ2n) is 2.09. The predicted octanol–water partition coefficient (Wildman–Crippen LogP) is -0.668. The van der Waals surface area contributed by atoms with E-state index in [9.17, 15) is 8.42 Å². The topological polar surface area (TPSA) is 98.5 Å². The first kappa shape index (κ1) is 10.7. The zero-order valence-corrected chi connectivity index (χ0v) is 7.50. The fraction of sp³-hybridized carbons (Fsp3) is 0.167. The number of sulfone groups is 1. The van der Waals surface area contributed by atoms with Crippen molar-refractivity contribution >= 4 is 16.1 Å². The van der Waals surface area contributed by atoms with E-state index in [2.05, 4.69) is 11.6 Å². The molecular weight excluding hydrogens is 178 g/mol. The fourth-order valence-corrected chi connectivity index (χ4v) is 0.529. The number of hydrogen-bond donors (Lipinski definition) is 2. The van der Waals surface area contributed by atoms with Gasteiger partial charge in [-0.2, -0.15) is 0 Å². The molecule has 5 nitrogen and oxygen atoms in total. The molecule has 0 rings (SSSR count). The lowest BCUT2D eigenvalue weighted by Gasteiger charge is -1.93. The van der Waals surface area contributed by atoms with Gasteiger partial charge in [-0.25, -0.2) is 13.4 Å². The number of rotatable bonds is 3. The maximum atomic E-state index is 10.7. The van der Waals surface area contributed by atoms with Gasteiger partial charge in [0.2, 0.25) is 0 Å². The third-order valence-electron chi connectivity index (χ3n) is 0.978. The Bertz CT molecular complexity index is 327. The van der Waals surface area contributed by atoms with E-state index in [4.69, 9.17) is 11.5 Å². The highest BCUT2D eigenvalue weighted by molar-refractivity contribution is 7.94. The molecule has 0 aliphatic rings. The second-order valence-corrected chi connectivity index (χ2v) is 4.11. The summed E-state index contributed by atoms with van der Waals surface area (Å²) in [6, 6.07) is 0. The molecule has 68 valence electrons. The maximum absolute atomic E-state index is 10.7. The summed E-state index contributed by atoms with van der Waals surface area (Å²) in [6.45, 7) is 3.22. The van der Waals surface area contributed by atoms with Crippen molar-refractivity contribution in [3.63, 3.8) is 0 Å². The molecule has 0 spiro atoms. The highest BCUT2D eigenvalue weighted by atomic mass is 32.2. The molecule has 0 aromatic carbocycles. The van der Waals surface area contributed by atoms with E-state index < -0.39 is 9.84 Å². The van der Waals surface area contributed by atoms with Gasteiger partial charge in [-0.1, -0.05) is 6.58 Å². The molecule has 12 heavy (non-hydrogen) atoms. The molecule has 4 N–H and O–H groups in total. The van der Waals surface area contributed by atoms with Crippen molar-refractivity contribution in [1.82, 2.24) is 0 Å². The Kier molecular flexibility index (Phi) is 3.49. The standard InChI is InChI=1S/C6H11N3O2S/c1-5(12(2,10)11)9-4-6(8)3-7/h3-4H,1,7-8H2,2H3/b6-3+,9-4?. The zero-order valence-electron chi connectivity index (χ0n) is 6.69. The highest BCUT2D eigenvalue weighted by Crippen LogP contribution is 2.00. The lowest BCUT2D eigenvalue weighted by atomic mass is 10.5. The van der Waals surface area contributed by atoms with Crippen LogP contribution in [0.1, 0.15) is 0 Å². The van der Waals surface area contributed by atoms with Crippen LogP contribution in [0.5, 0.6) is 0 Å². The Morgan fingerprint density at radius 3 is 2.42 bits per heavy atom. The van der Waals surface area contributed by atoms with Crippen molar-refractivity contribution < 1.29 is 8.42 Å². The molecule has 0 saturated carbocycles. The summed E-state index contributed by atoms with van der Waals surface area (Å²) in [5, 5.41) is -0.243. The molecule has 0 heterocycles. The second kappa shape index (κ2) is 3.91. The molecule has 0 radical (unpaired) electrons. The average molecular weight is 189 g/mol. The van der Waals surface area contributed by atoms with Crippen LogP contribution in [0, 0.1) is 0 Å². The SMILES string of the molecule is C=C(N=C/C(N)=C\N)S(C)(=O)=O. The van der Waals surface area contributed by atoms with Gasteiger partial charge in [0, 0.05) is 12.5 Å². The number of allylic oxidation sites excluding steroid dienone is 1. The first-order valence-corrected chi connectivity index (χ1v) is 4.87. The smallest absolute Gasteiger partial charge is 0.192 e. The first-order valence-electron chi connectivity index (χ1n) is 2.98. The van der Waals surface area contributed by atoms with Gasteiger partial charge in [-0.15, -0.1) is 0 Å². The Hall–Kier alpha value is -1.30. The van der Waals surface area contributed by atoms with E-state index in [1.54, 1.807) is 0 Å². The molecular formula is C6H11N3O2S. The van der Waals surface area contributed by atoms with Gasteiger partial charge >= 0.3 is 0 Å². The molecule has 0 aromatic heterocycles. The van der Waals surface area contributed by atoms with Crippen molar-refractivity contribution in [2.24, 2.45) is 16.5 Å². The van der Waals surface area contributed by atoms with Crippen LogP contribution in [0.15, 0.2) is 28.5 Å². The van der Waals surface area contributed by atoms with Crippen LogP contribution in [0.25, 0.3) is 0 Å². The van der Waals surface area contributed by atoms with E-state index in [0.717, 1.165) is 18.7 Å². The summed E-state index contributed by atoms with van der Waals surface area (Å²) in [5.41, 5.74) is 10.4. The van der Waals surface area contributed by atoms with Gasteiger partial charge in [0.05, 0.1) is 11.9 Å². The van der Waals surface area contributed by atoms with E-state index in [1.807, 2.05) is 0 Å². The molecule has 0 aromatic rings. The van der Waals surface area contributed by atoms with Gasteiger partial charge < -0.3 is 11.5 Å². The van der Waals surface area contributed by atoms with Crippen molar-refractivity contribution in [1.29, 1.82) is 0 Å². The van der Waals surface area contributed by atoms with Crippen LogP contribution >= 0.6 is 0 Å². The van der Waals surface area contributed by atoms with Gasteiger partial charge in [-0.05, 0) is 0 Å². The van der Waals surface area contributed by atoms with Crippen LogP contribution in [0.4, 0.5) is 0 Å². The van der Waals surface area contributed by atoms with Crippen molar-refractivity contribution in [3.8, 4) is 0 Å². The first-order chi connectivity index (χ1) is 5.38. The number of nitrogens with two attached hydrogens (primary N) is 2. The minimum Gasteiger partial charge on any atom is -0.403 e. The lowest BCUT2D eigenvalue weighted by molar-refractivity contribution is 0.607. The highest BCUT2D eigenvalue weighted by Gasteiger charge is 2.04. The Balaban J connectivity index is 4.51. The van der Waals surface area contributed by atoms with Crippen LogP contribution in [0.3, 0.4) is 0 Å². The van der Waals surface area contributed by atoms with Gasteiger partial charge in [0.25, 0.3) is 0 Å². The minimum atomic E-state index is -3.32. The summed E-state index contributed by atoms with van der Waals surface area (Å²) in [5.74, 6) is 0. The Morgan fingerprint density at radius 1 is 1.58 bits per heavy atom. The maximum Gasteiger partial charge on any atom is 0.192 e. The fourth-order valence-electron chi connectivity index (χ4n) is 0.285. The minimum absolute atomic E-state index is 0.180. The zero-order chi connectivity index (χ0) is 9.78. The third-order valence-corrected chi connectivity index (χ3v) is 1.94. The quantitative estimate of drug-likeness (QED) is 0.575. The largest absolute Gasteiger partial charge is 0.403 e. The molecule has 0 unspecified atom stereocenters. The van der Waals surface area contributed by atoms with E-state index in [0.29, 0.717) is 0 Å². The molecule has 0 fully saturated rings. The Morgan fingerprint density at radius 2 is 2.08 bits per heavy atom. The molecule has 0 aliphatic carbocycles. The van der Waals surface area contributed by atoms with Crippen molar-refractivity contribution in [2.75, 3.05) is 6.26 Å². The molecule has 0 bridgehead atoms. The Labute approximate surface area is 71.4 Å². The predicted molar refractivity (Wildman–Crippen MR) is 48.9 cm³/mol. The molecule has 0 aliphatic heterocycles. The van der Waals surface area contributed by atoms with Crippen LogP contribution in [-0.4, -0.2) is 20.9 Å². The average Bonchev–Trinajstić information content (AvgIpc) is 1.97. The van der Waals surface area contributed by atoms with Gasteiger partial charge in [0.15, 0.2) is 9.84 Å².